The van der Waals surface area contributed by atoms with Crippen LogP contribution in [0.3, 0.4) is 0 Å². The summed E-state index contributed by atoms with van der Waals surface area (Å²) < 4.78 is 11.7. The number of hydrogen-bond donors (Lipinski definition) is 2. The van der Waals surface area contributed by atoms with Gasteiger partial charge in [-0.2, -0.15) is 0 Å². The van der Waals surface area contributed by atoms with Gasteiger partial charge in [-0.25, -0.2) is 0 Å². The number of para-hydroxylation sites is 2. The van der Waals surface area contributed by atoms with Gasteiger partial charge in [-0.1, -0.05) is 24.3 Å². The zero-order valence-electron chi connectivity index (χ0n) is 22.7. The normalized spacial score (nSPS) is 10.4. The molecule has 0 aliphatic carbocycles. The van der Waals surface area contributed by atoms with E-state index in [0.29, 0.717) is 34.4 Å². The molecule has 0 spiro atoms. The van der Waals surface area contributed by atoms with Crippen molar-refractivity contribution in [3.63, 3.8) is 0 Å². The van der Waals surface area contributed by atoms with Crippen LogP contribution in [0.25, 0.3) is 0 Å². The standard InChI is InChI=1S/C32H22N4O8/c37-31(27-5-1-3-7-29(27)35(39)40)33-21-9-13-23(14-10-21)43-25-17-19-26(20-18-25)44-24-15-11-22(12-16-24)34-32(38)28-6-2-4-8-30(28)36(41)42/h1-20H,(H,33,37)(H,34,38). The Kier molecular flexibility index (Phi) is 8.52. The minimum absolute atomic E-state index is 0.0424. The number of benzene rings is 5. The van der Waals surface area contributed by atoms with Crippen LogP contribution < -0.4 is 20.1 Å². The van der Waals surface area contributed by atoms with Gasteiger partial charge in [-0.05, 0) is 84.9 Å². The number of nitro groups is 2. The average Bonchev–Trinajstić information content (AvgIpc) is 3.03. The van der Waals surface area contributed by atoms with E-state index in [4.69, 9.17) is 9.47 Å². The summed E-state index contributed by atoms with van der Waals surface area (Å²) >= 11 is 0. The molecule has 218 valence electrons. The van der Waals surface area contributed by atoms with Gasteiger partial charge in [0.1, 0.15) is 34.1 Å². The molecule has 5 aromatic carbocycles. The Morgan fingerprint density at radius 2 is 0.773 bits per heavy atom. The average molecular weight is 591 g/mol. The monoisotopic (exact) mass is 590 g/mol. The van der Waals surface area contributed by atoms with Crippen molar-refractivity contribution in [2.24, 2.45) is 0 Å². The van der Waals surface area contributed by atoms with Crippen molar-refractivity contribution in [1.29, 1.82) is 0 Å². The quantitative estimate of drug-likeness (QED) is 0.124. The molecule has 5 rings (SSSR count). The molecule has 12 heteroatoms. The number of nitro benzene ring substituents is 2. The van der Waals surface area contributed by atoms with Crippen molar-refractivity contribution < 1.29 is 28.9 Å². The van der Waals surface area contributed by atoms with Crippen LogP contribution in [0.1, 0.15) is 20.7 Å². The van der Waals surface area contributed by atoms with Gasteiger partial charge in [0.2, 0.25) is 0 Å². The molecule has 2 N–H and O–H groups in total. The van der Waals surface area contributed by atoms with Crippen LogP contribution in [-0.4, -0.2) is 21.7 Å². The molecule has 0 radical (unpaired) electrons. The third-order valence-electron chi connectivity index (χ3n) is 6.21. The minimum Gasteiger partial charge on any atom is -0.457 e. The van der Waals surface area contributed by atoms with Crippen LogP contribution in [0, 0.1) is 20.2 Å². The molecular formula is C32H22N4O8. The molecule has 2 amide bonds. The lowest BCUT2D eigenvalue weighted by Crippen LogP contribution is -2.13. The number of anilines is 2. The lowest BCUT2D eigenvalue weighted by atomic mass is 10.1. The van der Waals surface area contributed by atoms with Crippen molar-refractivity contribution in [2.75, 3.05) is 10.6 Å². The fourth-order valence-electron chi connectivity index (χ4n) is 4.11. The molecule has 0 aromatic heterocycles. The Morgan fingerprint density at radius 1 is 0.477 bits per heavy atom. The topological polar surface area (TPSA) is 163 Å². The van der Waals surface area contributed by atoms with Crippen LogP contribution in [-0.2, 0) is 0 Å². The van der Waals surface area contributed by atoms with Gasteiger partial charge in [-0.3, -0.25) is 29.8 Å². The fourth-order valence-corrected chi connectivity index (χ4v) is 4.11. The van der Waals surface area contributed by atoms with E-state index in [1.807, 2.05) is 0 Å². The Morgan fingerprint density at radius 3 is 1.09 bits per heavy atom. The van der Waals surface area contributed by atoms with Crippen LogP contribution in [0.4, 0.5) is 22.7 Å². The number of nitrogens with one attached hydrogen (secondary N) is 2. The van der Waals surface area contributed by atoms with Gasteiger partial charge in [0.05, 0.1) is 9.85 Å². The largest absolute Gasteiger partial charge is 0.457 e. The maximum Gasteiger partial charge on any atom is 0.282 e. The van der Waals surface area contributed by atoms with Crippen LogP contribution in [0.15, 0.2) is 121 Å². The third kappa shape index (κ3) is 7.01. The zero-order chi connectivity index (χ0) is 31.1. The van der Waals surface area contributed by atoms with Crippen molar-refractivity contribution in [3.05, 3.63) is 153 Å². The second kappa shape index (κ2) is 13.0. The molecule has 5 aromatic rings. The first-order valence-corrected chi connectivity index (χ1v) is 13.0. The molecule has 0 aliphatic rings. The highest BCUT2D eigenvalue weighted by atomic mass is 16.6. The highest BCUT2D eigenvalue weighted by molar-refractivity contribution is 6.07. The van der Waals surface area contributed by atoms with Gasteiger partial charge < -0.3 is 20.1 Å². The van der Waals surface area contributed by atoms with E-state index in [2.05, 4.69) is 10.6 Å². The van der Waals surface area contributed by atoms with Crippen molar-refractivity contribution in [1.82, 2.24) is 0 Å². The van der Waals surface area contributed by atoms with Crippen molar-refractivity contribution in [2.45, 2.75) is 0 Å². The molecule has 12 nitrogen and oxygen atoms in total. The summed E-state index contributed by atoms with van der Waals surface area (Å²) in [6, 6.07) is 31.3. The fraction of sp³-hybridized carbons (Fsp3) is 0. The second-order valence-electron chi connectivity index (χ2n) is 9.18. The summed E-state index contributed by atoms with van der Waals surface area (Å²) in [7, 11) is 0. The number of carbonyl (C=O) groups excluding carboxylic acids is 2. The lowest BCUT2D eigenvalue weighted by Gasteiger charge is -2.10. The van der Waals surface area contributed by atoms with E-state index in [0.717, 1.165) is 0 Å². The highest BCUT2D eigenvalue weighted by Crippen LogP contribution is 2.29. The summed E-state index contributed by atoms with van der Waals surface area (Å²) in [4.78, 5) is 46.2. The van der Waals surface area contributed by atoms with Crippen LogP contribution >= 0.6 is 0 Å². The van der Waals surface area contributed by atoms with E-state index in [9.17, 15) is 29.8 Å². The van der Waals surface area contributed by atoms with Crippen LogP contribution in [0.5, 0.6) is 23.0 Å². The van der Waals surface area contributed by atoms with Gasteiger partial charge >= 0.3 is 0 Å². The van der Waals surface area contributed by atoms with Gasteiger partial charge in [0.15, 0.2) is 0 Å². The van der Waals surface area contributed by atoms with Gasteiger partial charge in [0.25, 0.3) is 23.2 Å². The first kappa shape index (κ1) is 29.0. The molecule has 0 saturated heterocycles. The number of carbonyl (C=O) groups is 2. The first-order chi connectivity index (χ1) is 21.3. The van der Waals surface area contributed by atoms with Gasteiger partial charge in [-0.15, -0.1) is 0 Å². The molecule has 0 unspecified atom stereocenters. The number of amides is 2. The summed E-state index contributed by atoms with van der Waals surface area (Å²) in [6.45, 7) is 0. The minimum atomic E-state index is -0.606. The Bertz CT molecular complexity index is 1700. The molecule has 0 fully saturated rings. The Balaban J connectivity index is 1.15. The number of hydrogen-bond acceptors (Lipinski definition) is 8. The molecule has 44 heavy (non-hydrogen) atoms. The zero-order valence-corrected chi connectivity index (χ0v) is 22.7. The molecule has 0 heterocycles. The summed E-state index contributed by atoms with van der Waals surface area (Å²) in [6.07, 6.45) is 0. The van der Waals surface area contributed by atoms with Gasteiger partial charge in [0, 0.05) is 23.5 Å². The summed E-state index contributed by atoms with van der Waals surface area (Å²) in [5.41, 5.74) is 0.236. The number of rotatable bonds is 10. The van der Waals surface area contributed by atoms with E-state index < -0.39 is 21.7 Å². The molecule has 0 aliphatic heterocycles. The van der Waals surface area contributed by atoms with E-state index in [1.54, 1.807) is 84.9 Å². The predicted octanol–water partition coefficient (Wildman–Crippen LogP) is 7.59. The maximum atomic E-state index is 12.5. The molecule has 0 bridgehead atoms. The number of nitrogens with zero attached hydrogens (tertiary/aromatic N) is 2. The third-order valence-corrected chi connectivity index (χ3v) is 6.21. The number of ether oxygens (including phenoxy) is 2. The van der Waals surface area contributed by atoms with Crippen molar-refractivity contribution in [3.8, 4) is 23.0 Å². The predicted molar refractivity (Wildman–Crippen MR) is 162 cm³/mol. The maximum absolute atomic E-state index is 12.5. The Labute approximate surface area is 249 Å². The highest BCUT2D eigenvalue weighted by Gasteiger charge is 2.20. The SMILES string of the molecule is O=C(Nc1ccc(Oc2ccc(Oc3ccc(NC(=O)c4ccccc4[N+](=O)[O-])cc3)cc2)cc1)c1ccccc1[N+](=O)[O-]. The molecule has 0 atom stereocenters. The first-order valence-electron chi connectivity index (χ1n) is 13.0. The van der Waals surface area contributed by atoms with Crippen LogP contribution in [0.2, 0.25) is 0 Å². The lowest BCUT2D eigenvalue weighted by molar-refractivity contribution is -0.385. The molecular weight excluding hydrogens is 568 g/mol. The summed E-state index contributed by atoms with van der Waals surface area (Å²) in [5.74, 6) is 0.865. The smallest absolute Gasteiger partial charge is 0.282 e. The summed E-state index contributed by atoms with van der Waals surface area (Å²) in [5, 5.41) is 27.7. The van der Waals surface area contributed by atoms with E-state index >= 15 is 0 Å². The van der Waals surface area contributed by atoms with E-state index in [1.165, 1.54) is 36.4 Å². The van der Waals surface area contributed by atoms with E-state index in [-0.39, 0.29) is 22.5 Å². The molecule has 0 saturated carbocycles. The van der Waals surface area contributed by atoms with Crippen molar-refractivity contribution >= 4 is 34.6 Å². The Hall–Kier alpha value is -6.56. The second-order valence-corrected chi connectivity index (χ2v) is 9.18.